The van der Waals surface area contributed by atoms with Crippen molar-refractivity contribution in [3.8, 4) is 6.07 Å². The molecule has 0 atom stereocenters. The summed E-state index contributed by atoms with van der Waals surface area (Å²) in [6, 6.07) is 18.7. The number of nitrogens with zero attached hydrogens (tertiary/aromatic N) is 2. The van der Waals surface area contributed by atoms with E-state index in [1.54, 1.807) is 0 Å². The van der Waals surface area contributed by atoms with Crippen LogP contribution in [0.5, 0.6) is 0 Å². The summed E-state index contributed by atoms with van der Waals surface area (Å²) in [5.74, 6) is 0. The maximum atomic E-state index is 9.54. The van der Waals surface area contributed by atoms with Gasteiger partial charge in [-0.3, -0.25) is 0 Å². The SMILES string of the molecule is CN(C)c1ccc(C=C(C#N)C2=Cc3ccccc3NC2)cc1. The van der Waals surface area contributed by atoms with Gasteiger partial charge in [0, 0.05) is 32.0 Å². The highest BCUT2D eigenvalue weighted by atomic mass is 15.1. The molecular formula is C20H19N3. The molecule has 2 aromatic carbocycles. The maximum absolute atomic E-state index is 9.54. The molecule has 0 aromatic heterocycles. The zero-order valence-electron chi connectivity index (χ0n) is 13.4. The zero-order valence-corrected chi connectivity index (χ0v) is 13.4. The number of rotatable bonds is 3. The number of benzene rings is 2. The molecule has 1 aliphatic heterocycles. The quantitative estimate of drug-likeness (QED) is 0.865. The predicted octanol–water partition coefficient (Wildman–Crippen LogP) is 4.17. The molecule has 1 N–H and O–H groups in total. The van der Waals surface area contributed by atoms with Crippen LogP contribution in [0.15, 0.2) is 59.7 Å². The van der Waals surface area contributed by atoms with Crippen molar-refractivity contribution in [3.05, 3.63) is 70.8 Å². The summed E-state index contributed by atoms with van der Waals surface area (Å²) >= 11 is 0. The fourth-order valence-corrected chi connectivity index (χ4v) is 2.62. The summed E-state index contributed by atoms with van der Waals surface area (Å²) in [4.78, 5) is 2.06. The fraction of sp³-hybridized carbons (Fsp3) is 0.150. The van der Waals surface area contributed by atoms with Gasteiger partial charge in [-0.15, -0.1) is 0 Å². The second-order valence-electron chi connectivity index (χ2n) is 5.77. The number of fused-ring (bicyclic) bond motifs is 1. The van der Waals surface area contributed by atoms with E-state index in [-0.39, 0.29) is 0 Å². The summed E-state index contributed by atoms with van der Waals surface area (Å²) in [5.41, 5.74) is 6.13. The minimum Gasteiger partial charge on any atom is -0.380 e. The average Bonchev–Trinajstić information content (AvgIpc) is 2.59. The molecule has 23 heavy (non-hydrogen) atoms. The van der Waals surface area contributed by atoms with Gasteiger partial charge in [0.1, 0.15) is 0 Å². The Bertz CT molecular complexity index is 806. The van der Waals surface area contributed by atoms with Crippen molar-refractivity contribution in [3.63, 3.8) is 0 Å². The molecule has 3 rings (SSSR count). The smallest absolute Gasteiger partial charge is 0.0995 e. The Morgan fingerprint density at radius 3 is 2.57 bits per heavy atom. The molecule has 1 aliphatic rings. The van der Waals surface area contributed by atoms with Crippen LogP contribution in [-0.2, 0) is 0 Å². The first-order chi connectivity index (χ1) is 11.2. The highest BCUT2D eigenvalue weighted by molar-refractivity contribution is 5.79. The van der Waals surface area contributed by atoms with E-state index in [4.69, 9.17) is 0 Å². The van der Waals surface area contributed by atoms with Gasteiger partial charge in [0.2, 0.25) is 0 Å². The number of nitriles is 1. The van der Waals surface area contributed by atoms with Gasteiger partial charge in [-0.05, 0) is 47.1 Å². The van der Waals surface area contributed by atoms with Crippen LogP contribution in [0, 0.1) is 11.3 Å². The summed E-state index contributed by atoms with van der Waals surface area (Å²) in [7, 11) is 4.03. The van der Waals surface area contributed by atoms with Crippen molar-refractivity contribution >= 4 is 23.5 Å². The highest BCUT2D eigenvalue weighted by Crippen LogP contribution is 2.27. The third-order valence-electron chi connectivity index (χ3n) is 3.95. The first-order valence-electron chi connectivity index (χ1n) is 7.60. The average molecular weight is 301 g/mol. The summed E-state index contributed by atoms with van der Waals surface area (Å²) in [6.45, 7) is 0.673. The van der Waals surface area contributed by atoms with Crippen LogP contribution in [0.3, 0.4) is 0 Å². The van der Waals surface area contributed by atoms with E-state index in [0.29, 0.717) is 12.1 Å². The lowest BCUT2D eigenvalue weighted by molar-refractivity contribution is 1.13. The Morgan fingerprint density at radius 1 is 1.13 bits per heavy atom. The molecule has 2 aromatic rings. The van der Waals surface area contributed by atoms with Gasteiger partial charge in [0.15, 0.2) is 0 Å². The summed E-state index contributed by atoms with van der Waals surface area (Å²) in [5, 5.41) is 12.9. The molecule has 3 nitrogen and oxygen atoms in total. The lowest BCUT2D eigenvalue weighted by Gasteiger charge is -2.18. The maximum Gasteiger partial charge on any atom is 0.0995 e. The molecular weight excluding hydrogens is 282 g/mol. The Balaban J connectivity index is 1.91. The van der Waals surface area contributed by atoms with Crippen molar-refractivity contribution in [2.45, 2.75) is 0 Å². The molecule has 1 heterocycles. The van der Waals surface area contributed by atoms with E-state index in [1.807, 2.05) is 44.4 Å². The van der Waals surface area contributed by atoms with E-state index in [0.717, 1.165) is 28.1 Å². The zero-order chi connectivity index (χ0) is 16.2. The van der Waals surface area contributed by atoms with Gasteiger partial charge in [-0.1, -0.05) is 30.3 Å². The standard InChI is InChI=1S/C20H19N3/c1-23(2)19-9-7-15(8-10-19)11-17(13-21)18-12-16-5-3-4-6-20(16)22-14-18/h3-12,22H,14H2,1-2H3. The van der Waals surface area contributed by atoms with Crippen LogP contribution in [0.1, 0.15) is 11.1 Å². The largest absolute Gasteiger partial charge is 0.380 e. The van der Waals surface area contributed by atoms with E-state index < -0.39 is 0 Å². The molecule has 0 fully saturated rings. The minimum absolute atomic E-state index is 0.673. The van der Waals surface area contributed by atoms with Crippen molar-refractivity contribution in [1.29, 1.82) is 5.26 Å². The topological polar surface area (TPSA) is 39.1 Å². The van der Waals surface area contributed by atoms with Crippen LogP contribution in [-0.4, -0.2) is 20.6 Å². The van der Waals surface area contributed by atoms with Crippen LogP contribution in [0.4, 0.5) is 11.4 Å². The third kappa shape index (κ3) is 3.27. The second-order valence-corrected chi connectivity index (χ2v) is 5.77. The molecule has 0 saturated heterocycles. The third-order valence-corrected chi connectivity index (χ3v) is 3.95. The molecule has 0 unspecified atom stereocenters. The minimum atomic E-state index is 0.673. The van der Waals surface area contributed by atoms with Gasteiger partial charge < -0.3 is 10.2 Å². The number of hydrogen-bond donors (Lipinski definition) is 1. The Kier molecular flexibility index (Phi) is 4.16. The Morgan fingerprint density at radius 2 is 1.87 bits per heavy atom. The van der Waals surface area contributed by atoms with E-state index in [2.05, 4.69) is 46.6 Å². The van der Waals surface area contributed by atoms with Gasteiger partial charge in [0.25, 0.3) is 0 Å². The molecule has 0 spiro atoms. The number of hydrogen-bond acceptors (Lipinski definition) is 3. The highest BCUT2D eigenvalue weighted by Gasteiger charge is 2.12. The monoisotopic (exact) mass is 301 g/mol. The van der Waals surface area contributed by atoms with Gasteiger partial charge in [-0.25, -0.2) is 0 Å². The number of para-hydroxylation sites is 1. The van der Waals surface area contributed by atoms with Crippen molar-refractivity contribution < 1.29 is 0 Å². The van der Waals surface area contributed by atoms with Gasteiger partial charge >= 0.3 is 0 Å². The number of anilines is 2. The number of nitrogens with one attached hydrogen (secondary N) is 1. The Hall–Kier alpha value is -2.99. The van der Waals surface area contributed by atoms with Crippen LogP contribution < -0.4 is 10.2 Å². The summed E-state index contributed by atoms with van der Waals surface area (Å²) < 4.78 is 0. The van der Waals surface area contributed by atoms with Crippen molar-refractivity contribution in [2.75, 3.05) is 30.9 Å². The van der Waals surface area contributed by atoms with E-state index in [9.17, 15) is 5.26 Å². The van der Waals surface area contributed by atoms with Crippen molar-refractivity contribution in [1.82, 2.24) is 0 Å². The van der Waals surface area contributed by atoms with Gasteiger partial charge in [-0.2, -0.15) is 5.26 Å². The second kappa shape index (κ2) is 6.41. The molecule has 0 aliphatic carbocycles. The van der Waals surface area contributed by atoms with Crippen LogP contribution >= 0.6 is 0 Å². The Labute approximate surface area is 137 Å². The normalized spacial score (nSPS) is 13.4. The van der Waals surface area contributed by atoms with Crippen LogP contribution in [0.25, 0.3) is 12.2 Å². The van der Waals surface area contributed by atoms with E-state index in [1.165, 1.54) is 0 Å². The molecule has 3 heteroatoms. The molecule has 0 amide bonds. The first-order valence-corrected chi connectivity index (χ1v) is 7.60. The predicted molar refractivity (Wildman–Crippen MR) is 97.3 cm³/mol. The van der Waals surface area contributed by atoms with Crippen LogP contribution in [0.2, 0.25) is 0 Å². The van der Waals surface area contributed by atoms with Gasteiger partial charge in [0.05, 0.1) is 11.6 Å². The molecule has 0 bridgehead atoms. The fourth-order valence-electron chi connectivity index (χ4n) is 2.62. The summed E-state index contributed by atoms with van der Waals surface area (Å²) in [6.07, 6.45) is 4.04. The molecule has 114 valence electrons. The lowest BCUT2D eigenvalue weighted by atomic mass is 9.97. The first kappa shape index (κ1) is 14.9. The molecule has 0 saturated carbocycles. The van der Waals surface area contributed by atoms with E-state index >= 15 is 0 Å². The lowest BCUT2D eigenvalue weighted by Crippen LogP contribution is -2.11. The van der Waals surface area contributed by atoms with Crippen molar-refractivity contribution in [2.24, 2.45) is 0 Å². The molecule has 0 radical (unpaired) electrons.